The Morgan fingerprint density at radius 2 is 1.93 bits per heavy atom. The average molecular weight is 283 g/mol. The monoisotopic (exact) mass is 282 g/mol. The molecule has 1 aromatic heterocycles. The van der Waals surface area contributed by atoms with Gasteiger partial charge < -0.3 is 5.11 Å². The van der Waals surface area contributed by atoms with Gasteiger partial charge in [-0.1, -0.05) is 12.1 Å². The van der Waals surface area contributed by atoms with E-state index in [1.807, 2.05) is 12.1 Å². The Bertz CT molecular complexity index is 459. The number of hydrogen-bond acceptors (Lipinski definition) is 2. The summed E-state index contributed by atoms with van der Waals surface area (Å²) in [6, 6.07) is 9.53. The summed E-state index contributed by atoms with van der Waals surface area (Å²) in [6.45, 7) is 2.13. The maximum atomic E-state index is 9.18. The number of aryl methyl sites for hydroxylation is 1. The quantitative estimate of drug-likeness (QED) is 0.879. The lowest BCUT2D eigenvalue weighted by molar-refractivity contribution is 0.475. The van der Waals surface area contributed by atoms with Gasteiger partial charge in [0.2, 0.25) is 0 Å². The van der Waals surface area contributed by atoms with Gasteiger partial charge in [0.25, 0.3) is 0 Å². The molecule has 0 radical (unpaired) electrons. The Hall–Kier alpha value is -0.800. The van der Waals surface area contributed by atoms with E-state index in [0.717, 1.165) is 6.42 Å². The third-order valence-corrected chi connectivity index (χ3v) is 3.92. The van der Waals surface area contributed by atoms with Crippen molar-refractivity contribution >= 4 is 27.3 Å². The second kappa shape index (κ2) is 4.37. The Kier molecular flexibility index (Phi) is 3.12. The minimum absolute atomic E-state index is 0.321. The molecule has 2 rings (SSSR count). The van der Waals surface area contributed by atoms with E-state index in [1.54, 1.807) is 23.5 Å². The van der Waals surface area contributed by atoms with Crippen LogP contribution in [0.4, 0.5) is 0 Å². The van der Waals surface area contributed by atoms with Gasteiger partial charge in [-0.05, 0) is 58.6 Å². The number of benzene rings is 1. The van der Waals surface area contributed by atoms with Gasteiger partial charge in [-0.15, -0.1) is 11.3 Å². The molecule has 1 nitrogen and oxygen atoms in total. The normalized spacial score (nSPS) is 10.5. The summed E-state index contributed by atoms with van der Waals surface area (Å²) in [4.78, 5) is 1.34. The summed E-state index contributed by atoms with van der Waals surface area (Å²) >= 11 is 5.25. The molecule has 0 spiro atoms. The molecule has 78 valence electrons. The topological polar surface area (TPSA) is 20.2 Å². The van der Waals surface area contributed by atoms with Crippen molar-refractivity contribution in [3.05, 3.63) is 50.1 Å². The molecule has 0 saturated carbocycles. The Morgan fingerprint density at radius 1 is 1.27 bits per heavy atom. The molecule has 0 atom stereocenters. The van der Waals surface area contributed by atoms with Crippen molar-refractivity contribution in [1.29, 1.82) is 0 Å². The lowest BCUT2D eigenvalue weighted by Crippen LogP contribution is -1.86. The first-order valence-electron chi connectivity index (χ1n) is 4.68. The molecule has 0 bridgehead atoms. The van der Waals surface area contributed by atoms with Gasteiger partial charge >= 0.3 is 0 Å². The molecule has 0 aliphatic heterocycles. The standard InChI is InChI=1S/C12H11BrOS/c1-8-10(7-12(13)15-8)6-9-2-4-11(14)5-3-9/h2-5,7,14H,6H2,1H3. The fourth-order valence-electron chi connectivity index (χ4n) is 1.49. The zero-order valence-electron chi connectivity index (χ0n) is 8.33. The fraction of sp³-hybridized carbons (Fsp3) is 0.167. The van der Waals surface area contributed by atoms with Crippen LogP contribution in [-0.2, 0) is 6.42 Å². The summed E-state index contributed by atoms with van der Waals surface area (Å²) < 4.78 is 1.17. The molecule has 3 heteroatoms. The average Bonchev–Trinajstić information content (AvgIpc) is 2.49. The van der Waals surface area contributed by atoms with Crippen LogP contribution in [0.5, 0.6) is 5.75 Å². The molecule has 15 heavy (non-hydrogen) atoms. The Balaban J connectivity index is 2.21. The molecule has 1 heterocycles. The minimum atomic E-state index is 0.321. The van der Waals surface area contributed by atoms with Gasteiger partial charge in [0.15, 0.2) is 0 Å². The van der Waals surface area contributed by atoms with Crippen LogP contribution in [0.25, 0.3) is 0 Å². The van der Waals surface area contributed by atoms with Gasteiger partial charge in [0.1, 0.15) is 5.75 Å². The van der Waals surface area contributed by atoms with E-state index < -0.39 is 0 Å². The number of aromatic hydroxyl groups is 1. The number of rotatable bonds is 2. The summed E-state index contributed by atoms with van der Waals surface area (Å²) in [7, 11) is 0. The predicted octanol–water partition coefficient (Wildman–Crippen LogP) is 4.12. The third-order valence-electron chi connectivity index (χ3n) is 2.32. The van der Waals surface area contributed by atoms with E-state index in [1.165, 1.54) is 19.8 Å². The summed E-state index contributed by atoms with van der Waals surface area (Å²) in [6.07, 6.45) is 0.925. The maximum Gasteiger partial charge on any atom is 0.115 e. The first-order valence-corrected chi connectivity index (χ1v) is 6.29. The highest BCUT2D eigenvalue weighted by molar-refractivity contribution is 9.11. The number of hydrogen-bond donors (Lipinski definition) is 1. The van der Waals surface area contributed by atoms with Crippen LogP contribution in [0.1, 0.15) is 16.0 Å². The minimum Gasteiger partial charge on any atom is -0.508 e. The molecule has 0 aliphatic rings. The second-order valence-electron chi connectivity index (χ2n) is 3.48. The molecule has 0 amide bonds. The number of phenols is 1. The van der Waals surface area contributed by atoms with Crippen molar-refractivity contribution in [2.45, 2.75) is 13.3 Å². The molecular weight excluding hydrogens is 272 g/mol. The van der Waals surface area contributed by atoms with Crippen LogP contribution in [0.2, 0.25) is 0 Å². The van der Waals surface area contributed by atoms with Crippen molar-refractivity contribution in [2.24, 2.45) is 0 Å². The highest BCUT2D eigenvalue weighted by Gasteiger charge is 2.04. The smallest absolute Gasteiger partial charge is 0.115 e. The van der Waals surface area contributed by atoms with E-state index in [0.29, 0.717) is 5.75 Å². The van der Waals surface area contributed by atoms with Gasteiger partial charge in [-0.2, -0.15) is 0 Å². The van der Waals surface area contributed by atoms with Crippen LogP contribution in [-0.4, -0.2) is 5.11 Å². The molecule has 0 saturated heterocycles. The molecule has 0 unspecified atom stereocenters. The third kappa shape index (κ3) is 2.61. The van der Waals surface area contributed by atoms with Crippen LogP contribution in [0.3, 0.4) is 0 Å². The van der Waals surface area contributed by atoms with Crippen LogP contribution >= 0.6 is 27.3 Å². The van der Waals surface area contributed by atoms with E-state index in [9.17, 15) is 5.11 Å². The van der Waals surface area contributed by atoms with Gasteiger partial charge in [0, 0.05) is 4.88 Å². The van der Waals surface area contributed by atoms with Gasteiger partial charge in [-0.3, -0.25) is 0 Å². The molecule has 1 aromatic carbocycles. The SMILES string of the molecule is Cc1sc(Br)cc1Cc1ccc(O)cc1. The maximum absolute atomic E-state index is 9.18. The van der Waals surface area contributed by atoms with E-state index in [2.05, 4.69) is 28.9 Å². The van der Waals surface area contributed by atoms with E-state index in [-0.39, 0.29) is 0 Å². The van der Waals surface area contributed by atoms with Crippen molar-refractivity contribution < 1.29 is 5.11 Å². The highest BCUT2D eigenvalue weighted by atomic mass is 79.9. The first-order chi connectivity index (χ1) is 7.15. The van der Waals surface area contributed by atoms with Gasteiger partial charge in [-0.25, -0.2) is 0 Å². The molecule has 0 fully saturated rings. The first kappa shape index (κ1) is 10.7. The number of thiophene rings is 1. The van der Waals surface area contributed by atoms with Crippen LogP contribution in [0, 0.1) is 6.92 Å². The van der Waals surface area contributed by atoms with E-state index >= 15 is 0 Å². The van der Waals surface area contributed by atoms with Crippen molar-refractivity contribution in [1.82, 2.24) is 0 Å². The summed E-state index contributed by atoms with van der Waals surface area (Å²) in [5.74, 6) is 0.321. The lowest BCUT2D eigenvalue weighted by atomic mass is 10.1. The van der Waals surface area contributed by atoms with Crippen LogP contribution in [0.15, 0.2) is 34.1 Å². The van der Waals surface area contributed by atoms with Crippen molar-refractivity contribution in [3.8, 4) is 5.75 Å². The van der Waals surface area contributed by atoms with Gasteiger partial charge in [0.05, 0.1) is 3.79 Å². The molecule has 2 aromatic rings. The summed E-state index contributed by atoms with van der Waals surface area (Å²) in [5, 5.41) is 9.18. The fourth-order valence-corrected chi connectivity index (χ4v) is 3.25. The Labute approximate surface area is 102 Å². The largest absolute Gasteiger partial charge is 0.508 e. The summed E-state index contributed by atoms with van der Waals surface area (Å²) in [5.41, 5.74) is 2.57. The number of phenolic OH excluding ortho intramolecular Hbond substituents is 1. The van der Waals surface area contributed by atoms with Crippen molar-refractivity contribution in [3.63, 3.8) is 0 Å². The predicted molar refractivity (Wildman–Crippen MR) is 67.7 cm³/mol. The molecule has 0 aliphatic carbocycles. The zero-order chi connectivity index (χ0) is 10.8. The highest BCUT2D eigenvalue weighted by Crippen LogP contribution is 2.28. The van der Waals surface area contributed by atoms with Crippen LogP contribution < -0.4 is 0 Å². The van der Waals surface area contributed by atoms with Crippen molar-refractivity contribution in [2.75, 3.05) is 0 Å². The number of halogens is 1. The Morgan fingerprint density at radius 3 is 2.47 bits per heavy atom. The lowest BCUT2D eigenvalue weighted by Gasteiger charge is -2.00. The molecule has 1 N–H and O–H groups in total. The van der Waals surface area contributed by atoms with E-state index in [4.69, 9.17) is 0 Å². The molecular formula is C12H11BrOS. The zero-order valence-corrected chi connectivity index (χ0v) is 10.7. The second-order valence-corrected chi connectivity index (χ2v) is 6.11.